The molecule has 190 valence electrons. The highest BCUT2D eigenvalue weighted by Crippen LogP contribution is 2.24. The Balaban J connectivity index is 1.27. The van der Waals surface area contributed by atoms with Crippen LogP contribution in [0, 0.1) is 11.7 Å². The number of benzene rings is 1. The van der Waals surface area contributed by atoms with Gasteiger partial charge in [0.1, 0.15) is 11.4 Å². The van der Waals surface area contributed by atoms with Crippen molar-refractivity contribution in [3.63, 3.8) is 0 Å². The predicted molar refractivity (Wildman–Crippen MR) is 135 cm³/mol. The molecule has 2 aliphatic heterocycles. The molecule has 1 N–H and O–H groups in total. The molecule has 1 aromatic carbocycles. The van der Waals surface area contributed by atoms with Gasteiger partial charge in [0.2, 0.25) is 5.91 Å². The molecule has 36 heavy (non-hydrogen) atoms. The van der Waals surface area contributed by atoms with Crippen molar-refractivity contribution >= 4 is 11.8 Å². The highest BCUT2D eigenvalue weighted by atomic mass is 19.1. The molecule has 2 aliphatic rings. The molecule has 0 spiro atoms. The monoisotopic (exact) mass is 492 g/mol. The van der Waals surface area contributed by atoms with E-state index in [9.17, 15) is 14.0 Å². The highest BCUT2D eigenvalue weighted by Gasteiger charge is 2.31. The molecule has 8 nitrogen and oxygen atoms in total. The Bertz CT molecular complexity index is 1170. The molecule has 2 saturated heterocycles. The van der Waals surface area contributed by atoms with Crippen molar-refractivity contribution in [3.8, 4) is 11.5 Å². The summed E-state index contributed by atoms with van der Waals surface area (Å²) in [6.07, 6.45) is 10.3. The van der Waals surface area contributed by atoms with Crippen LogP contribution in [0.1, 0.15) is 42.5 Å². The average molecular weight is 493 g/mol. The van der Waals surface area contributed by atoms with Gasteiger partial charge in [-0.25, -0.2) is 9.07 Å². The van der Waals surface area contributed by atoms with E-state index in [1.54, 1.807) is 27.9 Å². The fourth-order valence-corrected chi connectivity index (χ4v) is 5.20. The Morgan fingerprint density at radius 3 is 2.53 bits per heavy atom. The summed E-state index contributed by atoms with van der Waals surface area (Å²) in [4.78, 5) is 30.7. The van der Waals surface area contributed by atoms with Crippen LogP contribution in [0.25, 0.3) is 11.5 Å². The Labute approximate surface area is 210 Å². The lowest BCUT2D eigenvalue weighted by atomic mass is 9.96. The van der Waals surface area contributed by atoms with Gasteiger partial charge in [-0.3, -0.25) is 9.59 Å². The third-order valence-electron chi connectivity index (χ3n) is 7.12. The summed E-state index contributed by atoms with van der Waals surface area (Å²) >= 11 is 0. The number of hydrogen-bond acceptors (Lipinski definition) is 4. The number of rotatable bonds is 8. The minimum atomic E-state index is -0.335. The Morgan fingerprint density at radius 1 is 1.03 bits per heavy atom. The SMILES string of the molecule is O=C(NCCCN1CCCC1)[C@@H]1CCCN(C(=O)c2cnn(-c3ccc(F)cc3)c2-n2cccc2)C1. The van der Waals surface area contributed by atoms with Gasteiger partial charge >= 0.3 is 0 Å². The first-order valence-electron chi connectivity index (χ1n) is 12.9. The molecule has 3 aromatic rings. The van der Waals surface area contributed by atoms with Crippen LogP contribution in [0.4, 0.5) is 4.39 Å². The second-order valence-corrected chi connectivity index (χ2v) is 9.64. The smallest absolute Gasteiger partial charge is 0.259 e. The standard InChI is InChI=1S/C27H33FN6O2/c28-22-8-10-23(11-9-22)34-26(32-16-3-4-17-32)24(19-30-34)27(36)33-18-5-7-21(20-33)25(35)29-12-6-15-31-13-1-2-14-31/h3-4,8-11,16-17,19,21H,1-2,5-7,12-15,18,20H2,(H,29,35)/t21-/m1/s1. The van der Waals surface area contributed by atoms with Gasteiger partial charge < -0.3 is 19.7 Å². The number of carbonyl (C=O) groups excluding carboxylic acids is 2. The third-order valence-corrected chi connectivity index (χ3v) is 7.12. The fourth-order valence-electron chi connectivity index (χ4n) is 5.20. The number of carbonyl (C=O) groups is 2. The molecule has 1 atom stereocenters. The minimum absolute atomic E-state index is 0.0292. The maximum atomic E-state index is 13.7. The number of piperidine rings is 1. The molecule has 0 aliphatic carbocycles. The molecular weight excluding hydrogens is 459 g/mol. The van der Waals surface area contributed by atoms with Crippen molar-refractivity contribution in [2.45, 2.75) is 32.1 Å². The van der Waals surface area contributed by atoms with Crippen LogP contribution in [-0.4, -0.2) is 75.2 Å². The summed E-state index contributed by atoms with van der Waals surface area (Å²) < 4.78 is 17.0. The van der Waals surface area contributed by atoms with E-state index in [1.165, 1.54) is 25.0 Å². The lowest BCUT2D eigenvalue weighted by Crippen LogP contribution is -2.46. The second-order valence-electron chi connectivity index (χ2n) is 9.64. The summed E-state index contributed by atoms with van der Waals surface area (Å²) in [5.41, 5.74) is 1.10. The first-order chi connectivity index (χ1) is 17.6. The lowest BCUT2D eigenvalue weighted by Gasteiger charge is -2.32. The number of amides is 2. The van der Waals surface area contributed by atoms with Gasteiger partial charge in [-0.2, -0.15) is 5.10 Å². The Hall–Kier alpha value is -3.46. The first-order valence-corrected chi connectivity index (χ1v) is 12.9. The third kappa shape index (κ3) is 5.36. The van der Waals surface area contributed by atoms with Gasteiger partial charge in [-0.1, -0.05) is 0 Å². The minimum Gasteiger partial charge on any atom is -0.356 e. The van der Waals surface area contributed by atoms with Crippen LogP contribution in [0.5, 0.6) is 0 Å². The zero-order chi connectivity index (χ0) is 24.9. The fraction of sp³-hybridized carbons (Fsp3) is 0.444. The van der Waals surface area contributed by atoms with Gasteiger partial charge in [-0.05, 0) is 88.1 Å². The van der Waals surface area contributed by atoms with Gasteiger partial charge in [0, 0.05) is 32.0 Å². The van der Waals surface area contributed by atoms with E-state index in [4.69, 9.17) is 0 Å². The van der Waals surface area contributed by atoms with Crippen LogP contribution in [-0.2, 0) is 4.79 Å². The molecule has 2 aromatic heterocycles. The maximum Gasteiger partial charge on any atom is 0.259 e. The zero-order valence-corrected chi connectivity index (χ0v) is 20.5. The number of nitrogens with one attached hydrogen (secondary N) is 1. The number of likely N-dealkylation sites (tertiary alicyclic amines) is 2. The van der Waals surface area contributed by atoms with E-state index >= 15 is 0 Å². The van der Waals surface area contributed by atoms with Crippen molar-refractivity contribution in [1.29, 1.82) is 0 Å². The summed E-state index contributed by atoms with van der Waals surface area (Å²) in [6, 6.07) is 9.76. The van der Waals surface area contributed by atoms with Crippen molar-refractivity contribution in [1.82, 2.24) is 29.5 Å². The van der Waals surface area contributed by atoms with Crippen molar-refractivity contribution in [3.05, 3.63) is 66.4 Å². The van der Waals surface area contributed by atoms with Crippen LogP contribution in [0.2, 0.25) is 0 Å². The number of aromatic nitrogens is 3. The second kappa shape index (κ2) is 11.1. The molecular formula is C27H33FN6O2. The van der Waals surface area contributed by atoms with E-state index in [0.29, 0.717) is 36.7 Å². The molecule has 0 saturated carbocycles. The van der Waals surface area contributed by atoms with E-state index in [1.807, 2.05) is 29.1 Å². The predicted octanol–water partition coefficient (Wildman–Crippen LogP) is 3.26. The summed E-state index contributed by atoms with van der Waals surface area (Å²) in [7, 11) is 0. The molecule has 2 amide bonds. The maximum absolute atomic E-state index is 13.7. The largest absolute Gasteiger partial charge is 0.356 e. The van der Waals surface area contributed by atoms with Crippen molar-refractivity contribution < 1.29 is 14.0 Å². The Kier molecular flexibility index (Phi) is 7.46. The molecule has 0 bridgehead atoms. The summed E-state index contributed by atoms with van der Waals surface area (Å²) in [5.74, 6) is -0.0830. The topological polar surface area (TPSA) is 75.4 Å². The quantitative estimate of drug-likeness (QED) is 0.490. The van der Waals surface area contributed by atoms with Gasteiger partial charge in [-0.15, -0.1) is 0 Å². The van der Waals surface area contributed by atoms with E-state index in [-0.39, 0.29) is 23.5 Å². The number of nitrogens with zero attached hydrogens (tertiary/aromatic N) is 5. The normalized spacial score (nSPS) is 18.5. The molecule has 5 rings (SSSR count). The number of hydrogen-bond donors (Lipinski definition) is 1. The highest BCUT2D eigenvalue weighted by molar-refractivity contribution is 5.97. The molecule has 9 heteroatoms. The first kappa shape index (κ1) is 24.2. The van der Waals surface area contributed by atoms with E-state index < -0.39 is 0 Å². The van der Waals surface area contributed by atoms with Crippen molar-refractivity contribution in [2.75, 3.05) is 39.3 Å². The van der Waals surface area contributed by atoms with Gasteiger partial charge in [0.15, 0.2) is 5.82 Å². The summed E-state index contributed by atoms with van der Waals surface area (Å²) in [5, 5.41) is 7.55. The van der Waals surface area contributed by atoms with Gasteiger partial charge in [0.25, 0.3) is 5.91 Å². The van der Waals surface area contributed by atoms with Crippen LogP contribution in [0.15, 0.2) is 55.0 Å². The molecule has 2 fully saturated rings. The zero-order valence-electron chi connectivity index (χ0n) is 20.5. The number of halogens is 1. The van der Waals surface area contributed by atoms with Crippen LogP contribution in [0.3, 0.4) is 0 Å². The van der Waals surface area contributed by atoms with Crippen LogP contribution < -0.4 is 5.32 Å². The molecule has 0 unspecified atom stereocenters. The van der Waals surface area contributed by atoms with E-state index in [0.717, 1.165) is 38.9 Å². The van der Waals surface area contributed by atoms with Gasteiger partial charge in [0.05, 0.1) is 17.8 Å². The molecule has 4 heterocycles. The Morgan fingerprint density at radius 2 is 1.78 bits per heavy atom. The van der Waals surface area contributed by atoms with Crippen molar-refractivity contribution in [2.24, 2.45) is 5.92 Å². The van der Waals surface area contributed by atoms with Crippen LogP contribution >= 0.6 is 0 Å². The summed E-state index contributed by atoms with van der Waals surface area (Å²) in [6.45, 7) is 5.01. The molecule has 0 radical (unpaired) electrons. The lowest BCUT2D eigenvalue weighted by molar-refractivity contribution is -0.126. The van der Waals surface area contributed by atoms with E-state index in [2.05, 4.69) is 15.3 Å². The average Bonchev–Trinajstić information content (AvgIpc) is 3.68.